The molecule has 1 aromatic carbocycles. The molecule has 0 aliphatic heterocycles. The Kier molecular flexibility index (Phi) is 5.46. The number of anilines is 1. The second-order valence-corrected chi connectivity index (χ2v) is 5.58. The lowest BCUT2D eigenvalue weighted by Crippen LogP contribution is -2.28. The van der Waals surface area contributed by atoms with Gasteiger partial charge in [-0.2, -0.15) is 0 Å². The minimum absolute atomic E-state index is 0.0620. The Morgan fingerprint density at radius 1 is 1.22 bits per heavy atom. The Morgan fingerprint density at radius 2 is 2.00 bits per heavy atom. The summed E-state index contributed by atoms with van der Waals surface area (Å²) >= 11 is 0. The van der Waals surface area contributed by atoms with Crippen LogP contribution in [-0.2, 0) is 16.0 Å². The molecule has 2 N–H and O–H groups in total. The van der Waals surface area contributed by atoms with Crippen molar-refractivity contribution in [3.63, 3.8) is 0 Å². The molecule has 1 heterocycles. The molecule has 0 saturated heterocycles. The zero-order valence-corrected chi connectivity index (χ0v) is 13.6. The lowest BCUT2D eigenvalue weighted by atomic mass is 10.1. The molecule has 5 nitrogen and oxygen atoms in total. The van der Waals surface area contributed by atoms with Gasteiger partial charge in [-0.05, 0) is 43.2 Å². The maximum Gasteiger partial charge on any atom is 0.224 e. The highest BCUT2D eigenvalue weighted by molar-refractivity contribution is 5.88. The molecule has 2 aromatic rings. The Balaban J connectivity index is 1.97. The summed E-state index contributed by atoms with van der Waals surface area (Å²) in [7, 11) is 0. The lowest BCUT2D eigenvalue weighted by molar-refractivity contribution is -0.121. The quantitative estimate of drug-likeness (QED) is 0.892. The minimum Gasteiger partial charge on any atom is -0.349 e. The SMILES string of the molecule is CC(=O)Nc1cccc([C@H](C)NC(=O)Cc2ccc(C)nc2)c1. The first-order chi connectivity index (χ1) is 10.9. The van der Waals surface area contributed by atoms with Crippen LogP contribution in [0.3, 0.4) is 0 Å². The third-order valence-corrected chi connectivity index (χ3v) is 3.42. The standard InChI is InChI=1S/C18H21N3O2/c1-12-7-8-15(11-19-12)9-18(23)20-13(2)16-5-4-6-17(10-16)21-14(3)22/h4-8,10-11,13H,9H2,1-3H3,(H,20,23)(H,21,22)/t13-/m0/s1. The number of pyridine rings is 1. The molecule has 23 heavy (non-hydrogen) atoms. The normalized spacial score (nSPS) is 11.6. The van der Waals surface area contributed by atoms with Crippen LogP contribution >= 0.6 is 0 Å². The van der Waals surface area contributed by atoms with Gasteiger partial charge in [0.25, 0.3) is 0 Å². The highest BCUT2D eigenvalue weighted by Gasteiger charge is 2.11. The molecular formula is C18H21N3O2. The number of aromatic nitrogens is 1. The van der Waals surface area contributed by atoms with Gasteiger partial charge in [0.1, 0.15) is 0 Å². The van der Waals surface area contributed by atoms with Crippen LogP contribution < -0.4 is 10.6 Å². The van der Waals surface area contributed by atoms with Gasteiger partial charge in [-0.25, -0.2) is 0 Å². The fourth-order valence-electron chi connectivity index (χ4n) is 2.25. The van der Waals surface area contributed by atoms with E-state index < -0.39 is 0 Å². The van der Waals surface area contributed by atoms with E-state index in [-0.39, 0.29) is 17.9 Å². The molecule has 120 valence electrons. The van der Waals surface area contributed by atoms with Gasteiger partial charge in [0.15, 0.2) is 0 Å². The number of carbonyl (C=O) groups is 2. The third kappa shape index (κ3) is 5.21. The van der Waals surface area contributed by atoms with Crippen molar-refractivity contribution in [2.24, 2.45) is 0 Å². The fourth-order valence-corrected chi connectivity index (χ4v) is 2.25. The van der Waals surface area contributed by atoms with Crippen molar-refractivity contribution < 1.29 is 9.59 Å². The number of hydrogen-bond acceptors (Lipinski definition) is 3. The van der Waals surface area contributed by atoms with Crippen LogP contribution in [-0.4, -0.2) is 16.8 Å². The van der Waals surface area contributed by atoms with Crippen LogP contribution in [0.25, 0.3) is 0 Å². The number of nitrogens with zero attached hydrogens (tertiary/aromatic N) is 1. The maximum atomic E-state index is 12.1. The summed E-state index contributed by atoms with van der Waals surface area (Å²) < 4.78 is 0. The highest BCUT2D eigenvalue weighted by atomic mass is 16.2. The van der Waals surface area contributed by atoms with Crippen molar-refractivity contribution >= 4 is 17.5 Å². The minimum atomic E-state index is -0.144. The van der Waals surface area contributed by atoms with Gasteiger partial charge in [-0.15, -0.1) is 0 Å². The molecule has 2 rings (SSSR count). The van der Waals surface area contributed by atoms with Gasteiger partial charge < -0.3 is 10.6 Å². The summed E-state index contributed by atoms with van der Waals surface area (Å²) in [5.41, 5.74) is 3.47. The summed E-state index contributed by atoms with van der Waals surface area (Å²) in [5.74, 6) is -0.182. The van der Waals surface area contributed by atoms with E-state index in [0.29, 0.717) is 6.42 Å². The lowest BCUT2D eigenvalue weighted by Gasteiger charge is -2.15. The fraction of sp³-hybridized carbons (Fsp3) is 0.278. The van der Waals surface area contributed by atoms with Crippen molar-refractivity contribution in [3.8, 4) is 0 Å². The molecule has 1 atom stereocenters. The summed E-state index contributed by atoms with van der Waals surface area (Å²) in [4.78, 5) is 27.4. The first-order valence-electron chi connectivity index (χ1n) is 7.52. The van der Waals surface area contributed by atoms with Crippen LogP contribution in [0.4, 0.5) is 5.69 Å². The zero-order chi connectivity index (χ0) is 16.8. The van der Waals surface area contributed by atoms with Crippen molar-refractivity contribution in [2.75, 3.05) is 5.32 Å². The summed E-state index contributed by atoms with van der Waals surface area (Å²) in [6, 6.07) is 11.1. The molecule has 0 aliphatic rings. The number of hydrogen-bond donors (Lipinski definition) is 2. The van der Waals surface area contributed by atoms with Crippen molar-refractivity contribution in [2.45, 2.75) is 33.2 Å². The van der Waals surface area contributed by atoms with E-state index in [0.717, 1.165) is 22.5 Å². The predicted octanol–water partition coefficient (Wildman–Crippen LogP) is 2.77. The Bertz CT molecular complexity index is 696. The van der Waals surface area contributed by atoms with E-state index in [2.05, 4.69) is 15.6 Å². The van der Waals surface area contributed by atoms with Crippen molar-refractivity contribution in [3.05, 3.63) is 59.4 Å². The summed E-state index contributed by atoms with van der Waals surface area (Å²) in [5, 5.41) is 5.70. The van der Waals surface area contributed by atoms with Gasteiger partial charge in [0.05, 0.1) is 12.5 Å². The molecule has 0 radical (unpaired) electrons. The van der Waals surface area contributed by atoms with E-state index in [1.165, 1.54) is 6.92 Å². The Hall–Kier alpha value is -2.69. The average molecular weight is 311 g/mol. The topological polar surface area (TPSA) is 71.1 Å². The van der Waals surface area contributed by atoms with E-state index in [9.17, 15) is 9.59 Å². The van der Waals surface area contributed by atoms with Gasteiger partial charge in [-0.1, -0.05) is 18.2 Å². The molecule has 1 aromatic heterocycles. The van der Waals surface area contributed by atoms with E-state index in [4.69, 9.17) is 0 Å². The number of amides is 2. The van der Waals surface area contributed by atoms with Gasteiger partial charge >= 0.3 is 0 Å². The number of benzene rings is 1. The van der Waals surface area contributed by atoms with Crippen LogP contribution in [0, 0.1) is 6.92 Å². The third-order valence-electron chi connectivity index (χ3n) is 3.42. The van der Waals surface area contributed by atoms with E-state index in [1.807, 2.05) is 50.2 Å². The monoisotopic (exact) mass is 311 g/mol. The number of nitrogens with one attached hydrogen (secondary N) is 2. The second-order valence-electron chi connectivity index (χ2n) is 5.58. The molecule has 0 aliphatic carbocycles. The molecule has 2 amide bonds. The smallest absolute Gasteiger partial charge is 0.224 e. The molecule has 0 spiro atoms. The average Bonchev–Trinajstić information content (AvgIpc) is 2.49. The number of rotatable bonds is 5. The van der Waals surface area contributed by atoms with Crippen LogP contribution in [0.15, 0.2) is 42.6 Å². The highest BCUT2D eigenvalue weighted by Crippen LogP contribution is 2.17. The number of aryl methyl sites for hydroxylation is 1. The van der Waals surface area contributed by atoms with Gasteiger partial charge in [0, 0.05) is 24.5 Å². The molecule has 0 saturated carbocycles. The van der Waals surface area contributed by atoms with Crippen molar-refractivity contribution in [1.29, 1.82) is 0 Å². The van der Waals surface area contributed by atoms with Crippen LogP contribution in [0.2, 0.25) is 0 Å². The summed E-state index contributed by atoms with van der Waals surface area (Å²) in [6.07, 6.45) is 2.01. The van der Waals surface area contributed by atoms with Crippen molar-refractivity contribution in [1.82, 2.24) is 10.3 Å². The first kappa shape index (κ1) is 16.7. The Labute approximate surface area is 136 Å². The molecule has 0 fully saturated rings. The molecule has 5 heteroatoms. The molecular weight excluding hydrogens is 290 g/mol. The van der Waals surface area contributed by atoms with E-state index in [1.54, 1.807) is 6.20 Å². The second kappa shape index (κ2) is 7.54. The molecule has 0 bridgehead atoms. The maximum absolute atomic E-state index is 12.1. The zero-order valence-electron chi connectivity index (χ0n) is 13.6. The largest absolute Gasteiger partial charge is 0.349 e. The van der Waals surface area contributed by atoms with Crippen LogP contribution in [0.5, 0.6) is 0 Å². The van der Waals surface area contributed by atoms with Gasteiger partial charge in [0.2, 0.25) is 11.8 Å². The first-order valence-corrected chi connectivity index (χ1v) is 7.52. The van der Waals surface area contributed by atoms with E-state index >= 15 is 0 Å². The van der Waals surface area contributed by atoms with Crippen LogP contribution in [0.1, 0.15) is 36.7 Å². The number of carbonyl (C=O) groups excluding carboxylic acids is 2. The van der Waals surface area contributed by atoms with Gasteiger partial charge in [-0.3, -0.25) is 14.6 Å². The predicted molar refractivity (Wildman–Crippen MR) is 90.0 cm³/mol. The molecule has 0 unspecified atom stereocenters. The summed E-state index contributed by atoms with van der Waals surface area (Å²) in [6.45, 7) is 5.29. The Morgan fingerprint density at radius 3 is 2.65 bits per heavy atom.